The molecule has 0 saturated heterocycles. The van der Waals surface area contributed by atoms with Crippen LogP contribution in [0.25, 0.3) is 0 Å². The van der Waals surface area contributed by atoms with Gasteiger partial charge in [-0.05, 0) is 11.8 Å². The first-order chi connectivity index (χ1) is 3.79. The Morgan fingerprint density at radius 2 is 1.00 bits per heavy atom. The van der Waals surface area contributed by atoms with E-state index in [1.807, 2.05) is 0 Å². The minimum atomic E-state index is 1.02. The summed E-state index contributed by atoms with van der Waals surface area (Å²) in [7, 11) is 0. The van der Waals surface area contributed by atoms with Crippen LogP contribution in [0, 0.1) is 11.8 Å². The third kappa shape index (κ3) is 1.50. The lowest BCUT2D eigenvalue weighted by molar-refractivity contribution is 0.308. The Kier molecular flexibility index (Phi) is 1.93. The summed E-state index contributed by atoms with van der Waals surface area (Å²) in [5, 5.41) is 0. The second-order valence-electron chi connectivity index (χ2n) is 3.37. The first-order valence-electron chi connectivity index (χ1n) is 3.79. The van der Waals surface area contributed by atoms with Crippen LogP contribution < -0.4 is 0 Å². The van der Waals surface area contributed by atoms with E-state index in [0.717, 1.165) is 11.8 Å². The fourth-order valence-electron chi connectivity index (χ4n) is 1.43. The average Bonchev–Trinajstić information content (AvgIpc) is 1.77. The molecule has 1 rings (SSSR count). The Balaban J connectivity index is 2.19. The van der Waals surface area contributed by atoms with E-state index in [9.17, 15) is 0 Å². The predicted octanol–water partition coefficient (Wildman–Crippen LogP) is 2.83. The lowest BCUT2D eigenvalue weighted by Crippen LogP contribution is -2.08. The second-order valence-corrected chi connectivity index (χ2v) is 3.37. The van der Waals surface area contributed by atoms with E-state index in [0.29, 0.717) is 0 Å². The van der Waals surface area contributed by atoms with Gasteiger partial charge in [-0.15, -0.1) is 0 Å². The molecule has 0 heteroatoms. The highest BCUT2D eigenvalue weighted by Crippen LogP contribution is 2.27. The zero-order valence-electron chi connectivity index (χ0n) is 5.98. The smallest absolute Gasteiger partial charge is 0.0443 e. The molecule has 0 unspecified atom stereocenters. The minimum Gasteiger partial charge on any atom is -0.0625 e. The van der Waals surface area contributed by atoms with Crippen LogP contribution in [0.1, 0.15) is 39.5 Å². The molecular formula is C8H16. The Labute approximate surface area is 52.3 Å². The monoisotopic (exact) mass is 112 g/mol. The van der Waals surface area contributed by atoms with Gasteiger partial charge in [0.05, 0.1) is 0 Å². The van der Waals surface area contributed by atoms with Crippen molar-refractivity contribution >= 4 is 0 Å². The van der Waals surface area contributed by atoms with E-state index >= 15 is 0 Å². The van der Waals surface area contributed by atoms with Gasteiger partial charge in [0, 0.05) is 0 Å². The molecule has 1 fully saturated rings. The van der Waals surface area contributed by atoms with Crippen LogP contribution in [-0.4, -0.2) is 0 Å². The van der Waals surface area contributed by atoms with Crippen molar-refractivity contribution in [1.82, 2.24) is 0 Å². The van der Waals surface area contributed by atoms with Crippen molar-refractivity contribution in [3.63, 3.8) is 0 Å². The molecule has 1 aliphatic carbocycles. The van der Waals surface area contributed by atoms with Crippen molar-refractivity contribution in [2.45, 2.75) is 39.5 Å². The van der Waals surface area contributed by atoms with E-state index < -0.39 is 0 Å². The fraction of sp³-hybridized carbons (Fsp3) is 1.00. The second kappa shape index (κ2) is 2.52. The van der Waals surface area contributed by atoms with Gasteiger partial charge >= 0.3 is 0 Å². The standard InChI is InChI=1S/C8H16/c1-7-3-5-8(2)6-4-7/h7-8H,3-6H2,1-2H3/t7-,8-. The first kappa shape index (κ1) is 6.12. The molecule has 0 aromatic rings. The molecule has 8 heavy (non-hydrogen) atoms. The van der Waals surface area contributed by atoms with Crippen molar-refractivity contribution in [1.29, 1.82) is 0 Å². The molecule has 48 valence electrons. The Hall–Kier alpha value is 0. The van der Waals surface area contributed by atoms with E-state index in [2.05, 4.69) is 13.8 Å². The van der Waals surface area contributed by atoms with Crippen molar-refractivity contribution in [3.8, 4) is 0 Å². The van der Waals surface area contributed by atoms with Crippen molar-refractivity contribution < 1.29 is 0 Å². The van der Waals surface area contributed by atoms with Crippen LogP contribution in [0.15, 0.2) is 0 Å². The van der Waals surface area contributed by atoms with Gasteiger partial charge in [-0.25, -0.2) is 0 Å². The van der Waals surface area contributed by atoms with Gasteiger partial charge in [0.15, 0.2) is 0 Å². The molecule has 0 N–H and O–H groups in total. The number of hydrogen-bond donors (Lipinski definition) is 0. The minimum absolute atomic E-state index is 1.02. The molecule has 0 aromatic heterocycles. The highest BCUT2D eigenvalue weighted by molar-refractivity contribution is 4.65. The summed E-state index contributed by atoms with van der Waals surface area (Å²) in [6, 6.07) is 0. The first-order valence-corrected chi connectivity index (χ1v) is 3.79. The zero-order chi connectivity index (χ0) is 5.98. The van der Waals surface area contributed by atoms with Crippen LogP contribution in [0.3, 0.4) is 0 Å². The topological polar surface area (TPSA) is 0 Å². The molecule has 0 bridgehead atoms. The maximum Gasteiger partial charge on any atom is -0.0443 e. The largest absolute Gasteiger partial charge is 0.0625 e. The Morgan fingerprint density at radius 1 is 0.750 bits per heavy atom. The summed E-state index contributed by atoms with van der Waals surface area (Å²) in [5.41, 5.74) is 0. The molecule has 0 heterocycles. The lowest BCUT2D eigenvalue weighted by atomic mass is 9.84. The molecule has 0 radical (unpaired) electrons. The summed E-state index contributed by atoms with van der Waals surface area (Å²) in [4.78, 5) is 0. The third-order valence-corrected chi connectivity index (χ3v) is 2.30. The molecular weight excluding hydrogens is 96.1 g/mol. The molecule has 0 spiro atoms. The van der Waals surface area contributed by atoms with Gasteiger partial charge in [-0.2, -0.15) is 0 Å². The summed E-state index contributed by atoms with van der Waals surface area (Å²) in [6.45, 7) is 4.73. The fourth-order valence-corrected chi connectivity index (χ4v) is 1.43. The van der Waals surface area contributed by atoms with E-state index in [1.165, 1.54) is 25.7 Å². The van der Waals surface area contributed by atoms with Gasteiger partial charge in [-0.3, -0.25) is 0 Å². The normalized spacial score (nSPS) is 39.8. The van der Waals surface area contributed by atoms with E-state index in [4.69, 9.17) is 0 Å². The summed E-state index contributed by atoms with van der Waals surface area (Å²) in [5.74, 6) is 2.04. The zero-order valence-corrected chi connectivity index (χ0v) is 5.98. The van der Waals surface area contributed by atoms with Crippen molar-refractivity contribution in [2.75, 3.05) is 0 Å². The van der Waals surface area contributed by atoms with Gasteiger partial charge < -0.3 is 0 Å². The summed E-state index contributed by atoms with van der Waals surface area (Å²) in [6.07, 6.45) is 5.89. The average molecular weight is 112 g/mol. The van der Waals surface area contributed by atoms with Gasteiger partial charge in [-0.1, -0.05) is 39.5 Å². The SMILES string of the molecule is C[C@H]1CC[C@H](C)CC1. The molecule has 1 aliphatic rings. The summed E-state index contributed by atoms with van der Waals surface area (Å²) >= 11 is 0. The van der Waals surface area contributed by atoms with Crippen LogP contribution >= 0.6 is 0 Å². The van der Waals surface area contributed by atoms with E-state index in [1.54, 1.807) is 0 Å². The quantitative estimate of drug-likeness (QED) is 0.452. The molecule has 1 saturated carbocycles. The van der Waals surface area contributed by atoms with Crippen LogP contribution in [-0.2, 0) is 0 Å². The van der Waals surface area contributed by atoms with Crippen LogP contribution in [0.4, 0.5) is 0 Å². The van der Waals surface area contributed by atoms with Crippen molar-refractivity contribution in [3.05, 3.63) is 0 Å². The molecule has 0 atom stereocenters. The lowest BCUT2D eigenvalue weighted by Gasteiger charge is -2.22. The molecule has 0 nitrogen and oxygen atoms in total. The molecule has 0 amide bonds. The highest BCUT2D eigenvalue weighted by Gasteiger charge is 2.13. The number of hydrogen-bond acceptors (Lipinski definition) is 0. The number of rotatable bonds is 0. The maximum absolute atomic E-state index is 2.37. The van der Waals surface area contributed by atoms with Crippen molar-refractivity contribution in [2.24, 2.45) is 11.8 Å². The van der Waals surface area contributed by atoms with Gasteiger partial charge in [0.25, 0.3) is 0 Å². The maximum atomic E-state index is 2.37. The van der Waals surface area contributed by atoms with Gasteiger partial charge in [0.2, 0.25) is 0 Å². The Bertz CT molecular complexity index is 48.4. The van der Waals surface area contributed by atoms with E-state index in [-0.39, 0.29) is 0 Å². The van der Waals surface area contributed by atoms with Crippen LogP contribution in [0.5, 0.6) is 0 Å². The molecule has 0 aromatic carbocycles. The Morgan fingerprint density at radius 3 is 1.25 bits per heavy atom. The molecule has 0 aliphatic heterocycles. The van der Waals surface area contributed by atoms with Crippen LogP contribution in [0.2, 0.25) is 0 Å². The summed E-state index contributed by atoms with van der Waals surface area (Å²) < 4.78 is 0. The third-order valence-electron chi connectivity index (χ3n) is 2.30. The predicted molar refractivity (Wildman–Crippen MR) is 36.8 cm³/mol. The highest BCUT2D eigenvalue weighted by atomic mass is 14.2. The van der Waals surface area contributed by atoms with Gasteiger partial charge in [0.1, 0.15) is 0 Å².